The number of aryl methyl sites for hydroxylation is 2. The molecule has 0 radical (unpaired) electrons. The first kappa shape index (κ1) is 8.61. The van der Waals surface area contributed by atoms with E-state index >= 15 is 0 Å². The summed E-state index contributed by atoms with van der Waals surface area (Å²) in [6.07, 6.45) is 1.46. The fourth-order valence-corrected chi connectivity index (χ4v) is 1.14. The molecule has 0 saturated heterocycles. The second kappa shape index (κ2) is 2.76. The lowest BCUT2D eigenvalue weighted by Gasteiger charge is -2.02. The molecule has 0 fully saturated rings. The summed E-state index contributed by atoms with van der Waals surface area (Å²) in [5.74, 6) is 0.197. The van der Waals surface area contributed by atoms with Gasteiger partial charge in [0.2, 0.25) is 0 Å². The largest absolute Gasteiger partial charge is 0.424 e. The van der Waals surface area contributed by atoms with E-state index in [-0.39, 0.29) is 17.0 Å². The zero-order chi connectivity index (χ0) is 10.3. The molecule has 0 amide bonds. The van der Waals surface area contributed by atoms with E-state index in [2.05, 4.69) is 15.0 Å². The molecular formula is C8H8N4O2. The van der Waals surface area contributed by atoms with Gasteiger partial charge in [-0.2, -0.15) is 0 Å². The highest BCUT2D eigenvalue weighted by Gasteiger charge is 2.08. The van der Waals surface area contributed by atoms with Gasteiger partial charge in [0.05, 0.1) is 5.69 Å². The van der Waals surface area contributed by atoms with Gasteiger partial charge in [0.25, 0.3) is 0 Å². The molecular weight excluding hydrogens is 184 g/mol. The molecule has 6 heteroatoms. The molecule has 0 spiro atoms. The molecule has 0 saturated carbocycles. The maximum Gasteiger partial charge on any atom is 0.314 e. The fraction of sp³-hybridized carbons (Fsp3) is 0.250. The van der Waals surface area contributed by atoms with Gasteiger partial charge in [-0.1, -0.05) is 0 Å². The van der Waals surface area contributed by atoms with Gasteiger partial charge in [-0.05, 0) is 13.8 Å². The van der Waals surface area contributed by atoms with Crippen LogP contribution in [0.15, 0.2) is 11.0 Å². The van der Waals surface area contributed by atoms with Crippen LogP contribution in [0.5, 0.6) is 0 Å². The Bertz CT molecular complexity index is 561. The SMILES string of the molecule is Cc1cnc2c(=O)n(O)c(C)nc2n1. The normalized spacial score (nSPS) is 10.7. The lowest BCUT2D eigenvalue weighted by molar-refractivity contribution is 0.165. The van der Waals surface area contributed by atoms with Crippen molar-refractivity contribution in [1.82, 2.24) is 19.7 Å². The van der Waals surface area contributed by atoms with E-state index in [1.54, 1.807) is 6.92 Å². The van der Waals surface area contributed by atoms with Crippen molar-refractivity contribution in [1.29, 1.82) is 0 Å². The summed E-state index contributed by atoms with van der Waals surface area (Å²) in [5, 5.41) is 9.25. The summed E-state index contributed by atoms with van der Waals surface area (Å²) >= 11 is 0. The highest BCUT2D eigenvalue weighted by Crippen LogP contribution is 2.01. The van der Waals surface area contributed by atoms with Crippen LogP contribution in [-0.4, -0.2) is 24.9 Å². The van der Waals surface area contributed by atoms with Crippen molar-refractivity contribution in [3.05, 3.63) is 28.1 Å². The van der Waals surface area contributed by atoms with Crippen LogP contribution < -0.4 is 5.56 Å². The van der Waals surface area contributed by atoms with Crippen molar-refractivity contribution in [2.75, 3.05) is 0 Å². The highest BCUT2D eigenvalue weighted by atomic mass is 16.5. The smallest absolute Gasteiger partial charge is 0.314 e. The summed E-state index contributed by atoms with van der Waals surface area (Å²) in [4.78, 5) is 23.3. The first-order valence-electron chi connectivity index (χ1n) is 4.02. The molecule has 0 bridgehead atoms. The van der Waals surface area contributed by atoms with Crippen molar-refractivity contribution < 1.29 is 5.21 Å². The Balaban J connectivity index is 2.98. The van der Waals surface area contributed by atoms with E-state index in [1.807, 2.05) is 0 Å². The Morgan fingerprint density at radius 1 is 1.36 bits per heavy atom. The molecule has 0 aliphatic heterocycles. The van der Waals surface area contributed by atoms with E-state index in [0.717, 1.165) is 0 Å². The Labute approximate surface area is 78.8 Å². The van der Waals surface area contributed by atoms with E-state index in [0.29, 0.717) is 10.4 Å². The summed E-state index contributed by atoms with van der Waals surface area (Å²) in [7, 11) is 0. The average Bonchev–Trinajstić information content (AvgIpc) is 2.14. The van der Waals surface area contributed by atoms with E-state index in [9.17, 15) is 10.0 Å². The van der Waals surface area contributed by atoms with Gasteiger partial charge in [-0.3, -0.25) is 4.79 Å². The highest BCUT2D eigenvalue weighted by molar-refractivity contribution is 5.67. The van der Waals surface area contributed by atoms with E-state index in [1.165, 1.54) is 13.1 Å². The standard InChI is InChI=1S/C8H8N4O2/c1-4-3-9-6-7(10-4)11-5(2)12(14)8(6)13/h3,14H,1-2H3. The minimum Gasteiger partial charge on any atom is -0.424 e. The van der Waals surface area contributed by atoms with Crippen LogP contribution in [0.25, 0.3) is 11.2 Å². The van der Waals surface area contributed by atoms with Crippen LogP contribution in [0.1, 0.15) is 11.5 Å². The molecule has 2 heterocycles. The topological polar surface area (TPSA) is 80.9 Å². The van der Waals surface area contributed by atoms with Crippen LogP contribution in [-0.2, 0) is 0 Å². The van der Waals surface area contributed by atoms with Crippen molar-refractivity contribution in [3.63, 3.8) is 0 Å². The summed E-state index contributed by atoms with van der Waals surface area (Å²) in [6.45, 7) is 3.28. The number of hydrogen-bond donors (Lipinski definition) is 1. The van der Waals surface area contributed by atoms with Crippen LogP contribution in [0.3, 0.4) is 0 Å². The molecule has 2 rings (SSSR count). The molecule has 72 valence electrons. The van der Waals surface area contributed by atoms with Crippen LogP contribution in [0.4, 0.5) is 0 Å². The quantitative estimate of drug-likeness (QED) is 0.596. The van der Waals surface area contributed by atoms with Gasteiger partial charge < -0.3 is 5.21 Å². The predicted molar refractivity (Wildman–Crippen MR) is 48.3 cm³/mol. The first-order chi connectivity index (χ1) is 6.59. The fourth-order valence-electron chi connectivity index (χ4n) is 1.14. The van der Waals surface area contributed by atoms with Gasteiger partial charge >= 0.3 is 5.56 Å². The molecule has 0 aromatic carbocycles. The second-order valence-electron chi connectivity index (χ2n) is 2.96. The number of hydrogen-bond acceptors (Lipinski definition) is 5. The molecule has 1 N–H and O–H groups in total. The van der Waals surface area contributed by atoms with Gasteiger partial charge in [-0.25, -0.2) is 15.0 Å². The van der Waals surface area contributed by atoms with Crippen molar-refractivity contribution in [2.24, 2.45) is 0 Å². The molecule has 2 aromatic rings. The molecule has 0 aliphatic carbocycles. The Hall–Kier alpha value is -1.98. The Morgan fingerprint density at radius 3 is 2.79 bits per heavy atom. The van der Waals surface area contributed by atoms with Gasteiger partial charge in [0, 0.05) is 6.20 Å². The molecule has 6 nitrogen and oxygen atoms in total. The Kier molecular flexibility index (Phi) is 1.70. The summed E-state index contributed by atoms with van der Waals surface area (Å²) in [6, 6.07) is 0. The van der Waals surface area contributed by atoms with Crippen molar-refractivity contribution >= 4 is 11.2 Å². The molecule has 0 aliphatic rings. The lowest BCUT2D eigenvalue weighted by Crippen LogP contribution is -2.22. The maximum absolute atomic E-state index is 11.4. The summed E-state index contributed by atoms with van der Waals surface area (Å²) in [5.41, 5.74) is 0.418. The molecule has 0 unspecified atom stereocenters. The maximum atomic E-state index is 11.4. The third-order valence-electron chi connectivity index (χ3n) is 1.84. The molecule has 14 heavy (non-hydrogen) atoms. The Morgan fingerprint density at radius 2 is 2.07 bits per heavy atom. The molecule has 0 atom stereocenters. The average molecular weight is 192 g/mol. The number of nitrogens with zero attached hydrogens (tertiary/aromatic N) is 4. The van der Waals surface area contributed by atoms with Gasteiger partial charge in [-0.15, -0.1) is 4.73 Å². The monoisotopic (exact) mass is 192 g/mol. The second-order valence-corrected chi connectivity index (χ2v) is 2.96. The van der Waals surface area contributed by atoms with Gasteiger partial charge in [0.15, 0.2) is 11.2 Å². The third-order valence-corrected chi connectivity index (χ3v) is 1.84. The third kappa shape index (κ3) is 1.12. The molecule has 2 aromatic heterocycles. The zero-order valence-electron chi connectivity index (χ0n) is 7.72. The van der Waals surface area contributed by atoms with Gasteiger partial charge in [0.1, 0.15) is 5.82 Å². The first-order valence-corrected chi connectivity index (χ1v) is 4.02. The van der Waals surface area contributed by atoms with Crippen molar-refractivity contribution in [2.45, 2.75) is 13.8 Å². The van der Waals surface area contributed by atoms with Crippen LogP contribution in [0, 0.1) is 13.8 Å². The zero-order valence-corrected chi connectivity index (χ0v) is 7.72. The number of rotatable bonds is 0. The van der Waals surface area contributed by atoms with E-state index in [4.69, 9.17) is 0 Å². The number of aromatic nitrogens is 4. The van der Waals surface area contributed by atoms with Crippen LogP contribution >= 0.6 is 0 Å². The lowest BCUT2D eigenvalue weighted by atomic mass is 10.4. The summed E-state index contributed by atoms with van der Waals surface area (Å²) < 4.78 is 0.465. The predicted octanol–water partition coefficient (Wildman–Crippen LogP) is 0.0406. The minimum atomic E-state index is -0.597. The minimum absolute atomic E-state index is 0.0729. The van der Waals surface area contributed by atoms with Crippen LogP contribution in [0.2, 0.25) is 0 Å². The van der Waals surface area contributed by atoms with Crippen molar-refractivity contribution in [3.8, 4) is 0 Å². The van der Waals surface area contributed by atoms with E-state index < -0.39 is 5.56 Å². The number of fused-ring (bicyclic) bond motifs is 1.